The van der Waals surface area contributed by atoms with Crippen LogP contribution in [0.4, 0.5) is 0 Å². The number of nitrogens with zero attached hydrogens (tertiary/aromatic N) is 1. The molecule has 2 N–H and O–H groups in total. The molecule has 3 amide bonds. The topological polar surface area (TPSA) is 131 Å². The van der Waals surface area contributed by atoms with Gasteiger partial charge in [0, 0.05) is 19.3 Å². The molecule has 1 saturated heterocycles. The van der Waals surface area contributed by atoms with E-state index in [9.17, 15) is 24.0 Å². The molecule has 0 radical (unpaired) electrons. The number of ketones is 1. The number of ether oxygens (including phenoxy) is 2. The number of nitrogens with one attached hydrogen (secondary N) is 2. The van der Waals surface area contributed by atoms with Crippen molar-refractivity contribution in [3.63, 3.8) is 0 Å². The third-order valence-corrected chi connectivity index (χ3v) is 5.96. The molecule has 1 aromatic rings. The summed E-state index contributed by atoms with van der Waals surface area (Å²) < 4.78 is 9.78. The predicted octanol–water partition coefficient (Wildman–Crippen LogP) is 0.287. The Morgan fingerprint density at radius 1 is 1.09 bits per heavy atom. The van der Waals surface area contributed by atoms with Crippen LogP contribution in [0.5, 0.6) is 0 Å². The van der Waals surface area contributed by atoms with Crippen molar-refractivity contribution in [2.24, 2.45) is 0 Å². The van der Waals surface area contributed by atoms with Gasteiger partial charge in [-0.15, -0.1) is 11.8 Å². The van der Waals surface area contributed by atoms with Crippen LogP contribution in [0.3, 0.4) is 0 Å². The first-order valence-electron chi connectivity index (χ1n) is 10.9. The van der Waals surface area contributed by atoms with Crippen LogP contribution in [-0.4, -0.2) is 83.9 Å². The minimum atomic E-state index is -1.15. The Hall–Kier alpha value is -2.92. The van der Waals surface area contributed by atoms with E-state index in [1.807, 2.05) is 6.07 Å². The molecule has 1 aromatic carbocycles. The second-order valence-corrected chi connectivity index (χ2v) is 9.11. The lowest BCUT2D eigenvalue weighted by atomic mass is 10.0. The van der Waals surface area contributed by atoms with E-state index in [2.05, 4.69) is 10.6 Å². The Morgan fingerprint density at radius 3 is 2.38 bits per heavy atom. The average Bonchev–Trinajstić information content (AvgIpc) is 3.28. The SMILES string of the molecule is COCC(=O)N[C@@H](C)C(=O)N1CSC[C@H]1C(=O)N[C@@H](Cc1ccccc1)C(=O)C(=O)OC(C)C. The minimum absolute atomic E-state index is 0.0932. The van der Waals surface area contributed by atoms with Crippen LogP contribution in [0.2, 0.25) is 0 Å². The lowest BCUT2D eigenvalue weighted by molar-refractivity contribution is -0.158. The van der Waals surface area contributed by atoms with Gasteiger partial charge in [0.25, 0.3) is 5.78 Å². The van der Waals surface area contributed by atoms with E-state index in [1.54, 1.807) is 38.1 Å². The average molecular weight is 494 g/mol. The van der Waals surface area contributed by atoms with Crippen LogP contribution < -0.4 is 10.6 Å². The van der Waals surface area contributed by atoms with Gasteiger partial charge in [0.15, 0.2) is 0 Å². The Labute approximate surface area is 203 Å². The first kappa shape index (κ1) is 27.3. The first-order valence-corrected chi connectivity index (χ1v) is 12.0. The van der Waals surface area contributed by atoms with Gasteiger partial charge in [-0.3, -0.25) is 19.2 Å². The first-order chi connectivity index (χ1) is 16.1. The summed E-state index contributed by atoms with van der Waals surface area (Å²) in [6.07, 6.45) is -0.394. The maximum absolute atomic E-state index is 13.1. The summed E-state index contributed by atoms with van der Waals surface area (Å²) in [4.78, 5) is 64.2. The van der Waals surface area contributed by atoms with Gasteiger partial charge in [-0.2, -0.15) is 0 Å². The molecule has 1 aliphatic rings. The molecule has 2 rings (SSSR count). The third-order valence-electron chi connectivity index (χ3n) is 4.95. The highest BCUT2D eigenvalue weighted by atomic mass is 32.2. The number of carbonyl (C=O) groups is 5. The van der Waals surface area contributed by atoms with Crippen molar-refractivity contribution in [1.82, 2.24) is 15.5 Å². The maximum atomic E-state index is 13.1. The van der Waals surface area contributed by atoms with E-state index in [-0.39, 0.29) is 18.9 Å². The summed E-state index contributed by atoms with van der Waals surface area (Å²) in [7, 11) is 1.37. The van der Waals surface area contributed by atoms with Gasteiger partial charge in [0.05, 0.1) is 12.0 Å². The molecule has 0 aromatic heterocycles. The molecule has 34 heavy (non-hydrogen) atoms. The molecular formula is C23H31N3O7S. The number of thioether (sulfide) groups is 1. The van der Waals surface area contributed by atoms with Crippen molar-refractivity contribution in [3.05, 3.63) is 35.9 Å². The number of carbonyl (C=O) groups excluding carboxylic acids is 5. The molecule has 1 heterocycles. The lowest BCUT2D eigenvalue weighted by Crippen LogP contribution is -2.56. The van der Waals surface area contributed by atoms with Gasteiger partial charge < -0.3 is 25.0 Å². The van der Waals surface area contributed by atoms with Crippen LogP contribution in [0, 0.1) is 0 Å². The standard InChI is InChI=1S/C23H31N3O7S/c1-14(2)33-23(31)20(28)17(10-16-8-6-5-7-9-16)25-21(29)18-12-34-13-26(18)22(30)15(3)24-19(27)11-32-4/h5-9,14-15,17-18H,10-13H2,1-4H3,(H,24,27)(H,25,29)/t15-,17-,18-/m0/s1. The van der Waals surface area contributed by atoms with Crippen LogP contribution in [0.25, 0.3) is 0 Å². The summed E-state index contributed by atoms with van der Waals surface area (Å²) in [5.74, 6) is -2.75. The molecule has 1 fully saturated rings. The van der Waals surface area contributed by atoms with E-state index in [0.29, 0.717) is 5.75 Å². The van der Waals surface area contributed by atoms with Crippen LogP contribution in [0.1, 0.15) is 26.3 Å². The van der Waals surface area contributed by atoms with Crippen molar-refractivity contribution >= 4 is 41.2 Å². The molecule has 0 unspecified atom stereocenters. The Kier molecular flexibility index (Phi) is 10.5. The van der Waals surface area contributed by atoms with Gasteiger partial charge in [-0.1, -0.05) is 30.3 Å². The van der Waals surface area contributed by atoms with Crippen molar-refractivity contribution < 1.29 is 33.4 Å². The number of methoxy groups -OCH3 is 1. The zero-order valence-electron chi connectivity index (χ0n) is 19.7. The lowest BCUT2D eigenvalue weighted by Gasteiger charge is -2.27. The number of Topliss-reactive ketones (excluding diaryl/α,β-unsaturated/α-hetero) is 1. The largest absolute Gasteiger partial charge is 0.457 e. The van der Waals surface area contributed by atoms with Crippen molar-refractivity contribution in [2.45, 2.75) is 51.4 Å². The number of amides is 3. The number of hydrogen-bond acceptors (Lipinski definition) is 8. The zero-order chi connectivity index (χ0) is 25.3. The second-order valence-electron chi connectivity index (χ2n) is 8.12. The van der Waals surface area contributed by atoms with Crippen molar-refractivity contribution in [3.8, 4) is 0 Å². The van der Waals surface area contributed by atoms with Gasteiger partial charge >= 0.3 is 5.97 Å². The highest BCUT2D eigenvalue weighted by Gasteiger charge is 2.39. The monoisotopic (exact) mass is 493 g/mol. The number of benzene rings is 1. The smallest absolute Gasteiger partial charge is 0.377 e. The molecule has 0 bridgehead atoms. The van der Waals surface area contributed by atoms with Crippen molar-refractivity contribution in [2.75, 3.05) is 25.3 Å². The molecule has 11 heteroatoms. The van der Waals surface area contributed by atoms with E-state index in [0.717, 1.165) is 5.56 Å². The molecule has 3 atom stereocenters. The Bertz CT molecular complexity index is 894. The Balaban J connectivity index is 2.14. The molecular weight excluding hydrogens is 462 g/mol. The number of hydrogen-bond donors (Lipinski definition) is 2. The molecule has 0 saturated carbocycles. The van der Waals surface area contributed by atoms with Crippen LogP contribution in [0.15, 0.2) is 30.3 Å². The van der Waals surface area contributed by atoms with Gasteiger partial charge in [-0.25, -0.2) is 4.79 Å². The summed E-state index contributed by atoms with van der Waals surface area (Å²) in [6, 6.07) is 6.10. The highest BCUT2D eigenvalue weighted by Crippen LogP contribution is 2.22. The van der Waals surface area contributed by atoms with E-state index in [4.69, 9.17) is 9.47 Å². The molecule has 1 aliphatic heterocycles. The van der Waals surface area contributed by atoms with Gasteiger partial charge in [-0.05, 0) is 26.3 Å². The minimum Gasteiger partial charge on any atom is -0.457 e. The van der Waals surface area contributed by atoms with E-state index < -0.39 is 53.7 Å². The fraction of sp³-hybridized carbons (Fsp3) is 0.522. The quantitative estimate of drug-likeness (QED) is 0.332. The number of rotatable bonds is 11. The summed E-state index contributed by atoms with van der Waals surface area (Å²) in [5, 5.41) is 5.17. The fourth-order valence-electron chi connectivity index (χ4n) is 3.34. The number of esters is 1. The Morgan fingerprint density at radius 2 is 1.76 bits per heavy atom. The van der Waals surface area contributed by atoms with E-state index >= 15 is 0 Å². The molecule has 186 valence electrons. The van der Waals surface area contributed by atoms with Gasteiger partial charge in [0.1, 0.15) is 24.7 Å². The maximum Gasteiger partial charge on any atom is 0.377 e. The molecule has 0 spiro atoms. The zero-order valence-corrected chi connectivity index (χ0v) is 20.6. The molecule has 10 nitrogen and oxygen atoms in total. The third kappa shape index (κ3) is 7.84. The summed E-state index contributed by atoms with van der Waals surface area (Å²) >= 11 is 1.38. The fourth-order valence-corrected chi connectivity index (χ4v) is 4.51. The van der Waals surface area contributed by atoms with Crippen LogP contribution in [-0.2, 0) is 39.9 Å². The predicted molar refractivity (Wildman–Crippen MR) is 126 cm³/mol. The second kappa shape index (κ2) is 13.1. The van der Waals surface area contributed by atoms with Crippen molar-refractivity contribution in [1.29, 1.82) is 0 Å². The summed E-state index contributed by atoms with van der Waals surface area (Å²) in [5.41, 5.74) is 0.752. The molecule has 0 aliphatic carbocycles. The van der Waals surface area contributed by atoms with Gasteiger partial charge in [0.2, 0.25) is 17.7 Å². The van der Waals surface area contributed by atoms with E-state index in [1.165, 1.54) is 30.7 Å². The highest BCUT2D eigenvalue weighted by molar-refractivity contribution is 7.99. The summed E-state index contributed by atoms with van der Waals surface area (Å²) in [6.45, 7) is 4.59. The normalized spacial score (nSPS) is 17.1. The van der Waals surface area contributed by atoms with Crippen LogP contribution >= 0.6 is 11.8 Å².